The predicted molar refractivity (Wildman–Crippen MR) is 70.7 cm³/mol. The molecule has 1 aromatic carbocycles. The Labute approximate surface area is 98.3 Å². The van der Waals surface area contributed by atoms with Gasteiger partial charge in [0, 0.05) is 0 Å². The Morgan fingerprint density at radius 1 is 0.938 bits per heavy atom. The molecule has 16 heavy (non-hydrogen) atoms. The van der Waals surface area contributed by atoms with Crippen LogP contribution < -0.4 is 5.46 Å². The predicted octanol–water partition coefficient (Wildman–Crippen LogP) is -0.458. The number of hydrogen-bond acceptors (Lipinski definition) is 1. The zero-order chi connectivity index (χ0) is 9.64. The van der Waals surface area contributed by atoms with E-state index in [0.29, 0.717) is 0 Å². The fourth-order valence-corrected chi connectivity index (χ4v) is 2.11. The van der Waals surface area contributed by atoms with Gasteiger partial charge in [0.25, 0.3) is 0 Å². The van der Waals surface area contributed by atoms with Crippen LogP contribution in [-0.4, -0.2) is 42.7 Å². The summed E-state index contributed by atoms with van der Waals surface area (Å²) in [5.74, 6) is 0. The first-order valence-electron chi connectivity index (χ1n) is 5.71. The van der Waals surface area contributed by atoms with E-state index in [0.717, 1.165) is 0 Å². The molecule has 0 saturated carbocycles. The third-order valence-electron chi connectivity index (χ3n) is 3.01. The minimum atomic E-state index is 0. The third-order valence-corrected chi connectivity index (χ3v) is 3.01. The van der Waals surface area contributed by atoms with Crippen LogP contribution in [0.3, 0.4) is 0 Å². The quantitative estimate of drug-likeness (QED) is 0.639. The number of nitrogens with zero attached hydrogens (tertiary/aromatic N) is 1. The van der Waals surface area contributed by atoms with Crippen LogP contribution in [0.1, 0.15) is 19.3 Å². The van der Waals surface area contributed by atoms with Gasteiger partial charge in [-0.3, -0.25) is 0 Å². The Bertz CT molecular complexity index is 263. The molecule has 1 aliphatic rings. The average Bonchev–Trinajstić information content (AvgIpc) is 2.29. The molecule has 1 aliphatic heterocycles. The van der Waals surface area contributed by atoms with Gasteiger partial charge in [-0.1, -0.05) is 42.2 Å². The fraction of sp³-hybridized carbons (Fsp3) is 0.500. The molecule has 0 atom stereocenters. The molecule has 2 rings (SSSR count). The molecule has 1 heterocycles. The van der Waals surface area contributed by atoms with Crippen molar-refractivity contribution >= 4 is 12.7 Å². The Morgan fingerprint density at radius 3 is 2.19 bits per heavy atom. The molecule has 4 N–H and O–H groups in total. The van der Waals surface area contributed by atoms with Gasteiger partial charge in [0.2, 0.25) is 0 Å². The second-order valence-corrected chi connectivity index (χ2v) is 4.14. The maximum absolute atomic E-state index is 2.59. The smallest absolute Gasteiger partial charge is 0.173 e. The summed E-state index contributed by atoms with van der Waals surface area (Å²) in [6.45, 7) is 2.62. The van der Waals surface area contributed by atoms with E-state index in [4.69, 9.17) is 0 Å². The summed E-state index contributed by atoms with van der Waals surface area (Å²) in [7, 11) is 1.21. The standard InChI is InChI=1S/C12H18BN.2H2O/c1-3-7-12(8-4-1)13-11-14-9-5-2-6-10-14;;/h1,3-4,7-8,13H,2,5-6,9-11H2;2*1H2. The van der Waals surface area contributed by atoms with Crippen molar-refractivity contribution in [1.82, 2.24) is 4.90 Å². The second-order valence-electron chi connectivity index (χ2n) is 4.14. The molecule has 0 amide bonds. The van der Waals surface area contributed by atoms with Crippen molar-refractivity contribution in [3.63, 3.8) is 0 Å². The first-order valence-corrected chi connectivity index (χ1v) is 5.71. The summed E-state index contributed by atoms with van der Waals surface area (Å²) >= 11 is 0. The summed E-state index contributed by atoms with van der Waals surface area (Å²) in [5.41, 5.74) is 1.47. The maximum atomic E-state index is 2.59. The van der Waals surface area contributed by atoms with Crippen LogP contribution in [0, 0.1) is 0 Å². The molecule has 0 aromatic heterocycles. The lowest BCUT2D eigenvalue weighted by Crippen LogP contribution is -2.36. The molecular formula is C12H22BNO2. The molecule has 1 fully saturated rings. The fourth-order valence-electron chi connectivity index (χ4n) is 2.11. The monoisotopic (exact) mass is 223 g/mol. The molecule has 90 valence electrons. The van der Waals surface area contributed by atoms with Crippen LogP contribution in [0.2, 0.25) is 0 Å². The van der Waals surface area contributed by atoms with Crippen molar-refractivity contribution in [1.29, 1.82) is 0 Å². The van der Waals surface area contributed by atoms with Gasteiger partial charge in [0.05, 0.1) is 0 Å². The molecule has 1 aromatic rings. The van der Waals surface area contributed by atoms with E-state index >= 15 is 0 Å². The summed E-state index contributed by atoms with van der Waals surface area (Å²) in [5, 5.41) is 0. The largest absolute Gasteiger partial charge is 0.412 e. The lowest BCUT2D eigenvalue weighted by molar-refractivity contribution is 0.263. The Kier molecular flexibility index (Phi) is 7.90. The molecule has 0 bridgehead atoms. The lowest BCUT2D eigenvalue weighted by atomic mass is 9.70. The zero-order valence-electron chi connectivity index (χ0n) is 9.78. The van der Waals surface area contributed by atoms with E-state index in [1.54, 1.807) is 0 Å². The number of hydrogen-bond donors (Lipinski definition) is 0. The van der Waals surface area contributed by atoms with Crippen molar-refractivity contribution in [2.24, 2.45) is 0 Å². The van der Waals surface area contributed by atoms with Gasteiger partial charge in [-0.2, -0.15) is 0 Å². The van der Waals surface area contributed by atoms with Crippen molar-refractivity contribution in [2.45, 2.75) is 19.3 Å². The van der Waals surface area contributed by atoms with Gasteiger partial charge in [-0.25, -0.2) is 0 Å². The highest BCUT2D eigenvalue weighted by Gasteiger charge is 2.09. The van der Waals surface area contributed by atoms with Gasteiger partial charge >= 0.3 is 0 Å². The van der Waals surface area contributed by atoms with Gasteiger partial charge in [-0.15, -0.1) is 0 Å². The number of benzene rings is 1. The van der Waals surface area contributed by atoms with Crippen LogP contribution in [0.4, 0.5) is 0 Å². The van der Waals surface area contributed by atoms with Crippen molar-refractivity contribution < 1.29 is 11.0 Å². The highest BCUT2D eigenvalue weighted by molar-refractivity contribution is 6.53. The molecule has 0 radical (unpaired) electrons. The van der Waals surface area contributed by atoms with Gasteiger partial charge < -0.3 is 15.9 Å². The SMILES string of the molecule is B(CN1CCCCC1)c1ccccc1.O.O. The van der Waals surface area contributed by atoms with Crippen molar-refractivity contribution in [2.75, 3.05) is 19.5 Å². The van der Waals surface area contributed by atoms with Gasteiger partial charge in [-0.05, 0) is 32.4 Å². The van der Waals surface area contributed by atoms with E-state index < -0.39 is 0 Å². The summed E-state index contributed by atoms with van der Waals surface area (Å²) in [6, 6.07) is 10.8. The Balaban J connectivity index is 0.00000112. The second kappa shape index (κ2) is 8.33. The number of rotatable bonds is 3. The maximum Gasteiger partial charge on any atom is 0.173 e. The molecule has 0 spiro atoms. The molecule has 4 heteroatoms. The summed E-state index contributed by atoms with van der Waals surface area (Å²) in [4.78, 5) is 2.59. The van der Waals surface area contributed by atoms with E-state index in [-0.39, 0.29) is 11.0 Å². The van der Waals surface area contributed by atoms with Crippen molar-refractivity contribution in [3.8, 4) is 0 Å². The van der Waals surface area contributed by atoms with Crippen molar-refractivity contribution in [3.05, 3.63) is 30.3 Å². The molecular weight excluding hydrogens is 201 g/mol. The molecule has 3 nitrogen and oxygen atoms in total. The highest BCUT2D eigenvalue weighted by Crippen LogP contribution is 2.07. The van der Waals surface area contributed by atoms with Gasteiger partial charge in [0.1, 0.15) is 0 Å². The van der Waals surface area contributed by atoms with E-state index in [1.807, 2.05) is 0 Å². The molecule has 1 saturated heterocycles. The minimum absolute atomic E-state index is 0. The average molecular weight is 223 g/mol. The normalized spacial score (nSPS) is 15.8. The van der Waals surface area contributed by atoms with Crippen LogP contribution in [-0.2, 0) is 0 Å². The van der Waals surface area contributed by atoms with E-state index in [9.17, 15) is 0 Å². The first kappa shape index (κ1) is 15.2. The van der Waals surface area contributed by atoms with E-state index in [2.05, 4.69) is 35.2 Å². The summed E-state index contributed by atoms with van der Waals surface area (Å²) < 4.78 is 0. The van der Waals surface area contributed by atoms with E-state index in [1.165, 1.54) is 51.5 Å². The van der Waals surface area contributed by atoms with Crippen LogP contribution in [0.15, 0.2) is 30.3 Å². The first-order chi connectivity index (χ1) is 6.95. The number of likely N-dealkylation sites (tertiary alicyclic amines) is 1. The minimum Gasteiger partial charge on any atom is -0.412 e. The Morgan fingerprint density at radius 2 is 1.56 bits per heavy atom. The highest BCUT2D eigenvalue weighted by atomic mass is 16.0. The topological polar surface area (TPSA) is 66.2 Å². The van der Waals surface area contributed by atoms with Crippen LogP contribution in [0.25, 0.3) is 0 Å². The Hall–Kier alpha value is -0.835. The third kappa shape index (κ3) is 4.79. The number of piperidine rings is 1. The lowest BCUT2D eigenvalue weighted by Gasteiger charge is -2.26. The summed E-state index contributed by atoms with van der Waals surface area (Å²) in [6.07, 6.45) is 5.47. The van der Waals surface area contributed by atoms with Gasteiger partial charge in [0.15, 0.2) is 7.28 Å². The molecule has 0 unspecified atom stereocenters. The zero-order valence-corrected chi connectivity index (χ0v) is 9.78. The molecule has 0 aliphatic carbocycles. The van der Waals surface area contributed by atoms with Crippen LogP contribution >= 0.6 is 0 Å². The van der Waals surface area contributed by atoms with Crippen LogP contribution in [0.5, 0.6) is 0 Å².